The molecule has 5 rings (SSSR count). The van der Waals surface area contributed by atoms with Gasteiger partial charge in [0.2, 0.25) is 0 Å². The molecule has 4 aromatic rings. The molecule has 3 aromatic carbocycles. The van der Waals surface area contributed by atoms with Crippen LogP contribution in [-0.2, 0) is 6.42 Å². The van der Waals surface area contributed by atoms with Gasteiger partial charge in [-0.1, -0.05) is 75.5 Å². The van der Waals surface area contributed by atoms with E-state index in [-0.39, 0.29) is 11.7 Å². The maximum atomic E-state index is 13.2. The van der Waals surface area contributed by atoms with Gasteiger partial charge < -0.3 is 10.2 Å². The number of pyridine rings is 1. The van der Waals surface area contributed by atoms with Crippen LogP contribution in [0, 0.1) is 5.92 Å². The fourth-order valence-electron chi connectivity index (χ4n) is 4.23. The maximum Gasteiger partial charge on any atom is 0.169 e. The van der Waals surface area contributed by atoms with E-state index >= 15 is 0 Å². The van der Waals surface area contributed by atoms with Crippen molar-refractivity contribution in [3.05, 3.63) is 88.0 Å². The Morgan fingerprint density at radius 2 is 1.55 bits per heavy atom. The number of rotatable bonds is 8. The van der Waals surface area contributed by atoms with E-state index in [1.54, 1.807) is 12.3 Å². The Balaban J connectivity index is 0.000000827. The first kappa shape index (κ1) is 31.6. The fourth-order valence-corrected chi connectivity index (χ4v) is 4.76. The molecule has 1 aliphatic rings. The lowest BCUT2D eigenvalue weighted by Crippen LogP contribution is -2.14. The van der Waals surface area contributed by atoms with Gasteiger partial charge in [-0.05, 0) is 92.5 Å². The number of nitrogens with one attached hydrogen (secondary N) is 1. The van der Waals surface area contributed by atoms with Crippen LogP contribution in [0.2, 0.25) is 10.0 Å². The first-order valence-electron chi connectivity index (χ1n) is 14.2. The first-order chi connectivity index (χ1) is 19.3. The quantitative estimate of drug-likeness (QED) is 0.211. The molecule has 0 atom stereocenters. The van der Waals surface area contributed by atoms with Crippen LogP contribution in [0.25, 0.3) is 22.0 Å². The van der Waals surface area contributed by atoms with Gasteiger partial charge in [0.05, 0.1) is 16.8 Å². The van der Waals surface area contributed by atoms with Crippen molar-refractivity contribution in [2.24, 2.45) is 5.92 Å². The SMILES string of the molecule is CC.CCC.CN(C)CCc1ccc(Nc2c(C(=O)C3CC3)cnc3ccc(-c4cc(Cl)cc(Cl)c4)cc23)cc1. The Morgan fingerprint density at radius 1 is 0.925 bits per heavy atom. The molecule has 0 spiro atoms. The summed E-state index contributed by atoms with van der Waals surface area (Å²) in [5.41, 5.74) is 6.34. The number of hydrogen-bond acceptors (Lipinski definition) is 4. The lowest BCUT2D eigenvalue weighted by molar-refractivity contribution is 0.0968. The molecular weight excluding hydrogens is 537 g/mol. The summed E-state index contributed by atoms with van der Waals surface area (Å²) in [4.78, 5) is 20.0. The van der Waals surface area contributed by atoms with Gasteiger partial charge in [-0.15, -0.1) is 0 Å². The molecule has 1 heterocycles. The third-order valence-corrected chi connectivity index (χ3v) is 6.78. The molecule has 1 fully saturated rings. The van der Waals surface area contributed by atoms with Crippen molar-refractivity contribution in [3.63, 3.8) is 0 Å². The molecule has 0 bridgehead atoms. The van der Waals surface area contributed by atoms with E-state index in [1.165, 1.54) is 12.0 Å². The zero-order valence-corrected chi connectivity index (χ0v) is 26.0. The number of aromatic nitrogens is 1. The largest absolute Gasteiger partial charge is 0.354 e. The Hall–Kier alpha value is -2.92. The molecule has 212 valence electrons. The predicted octanol–water partition coefficient (Wildman–Crippen LogP) is 10.1. The van der Waals surface area contributed by atoms with E-state index in [4.69, 9.17) is 23.2 Å². The Kier molecular flexibility index (Phi) is 12.0. The van der Waals surface area contributed by atoms with E-state index in [9.17, 15) is 4.79 Å². The van der Waals surface area contributed by atoms with Crippen LogP contribution in [0.15, 0.2) is 66.9 Å². The van der Waals surface area contributed by atoms with Gasteiger partial charge in [-0.3, -0.25) is 9.78 Å². The normalized spacial score (nSPS) is 12.3. The smallest absolute Gasteiger partial charge is 0.169 e. The molecule has 0 radical (unpaired) electrons. The van der Waals surface area contributed by atoms with E-state index in [2.05, 4.69) is 73.5 Å². The predicted molar refractivity (Wildman–Crippen MR) is 174 cm³/mol. The highest BCUT2D eigenvalue weighted by molar-refractivity contribution is 6.35. The van der Waals surface area contributed by atoms with Crippen molar-refractivity contribution in [1.82, 2.24) is 9.88 Å². The Bertz CT molecular complexity index is 1390. The van der Waals surface area contributed by atoms with Crippen molar-refractivity contribution in [3.8, 4) is 11.1 Å². The van der Waals surface area contributed by atoms with E-state index < -0.39 is 0 Å². The number of likely N-dealkylation sites (N-methyl/N-ethyl adjacent to an activating group) is 1. The average Bonchev–Trinajstić information content (AvgIpc) is 3.79. The molecule has 1 aromatic heterocycles. The number of halogens is 2. The number of nitrogens with zero attached hydrogens (tertiary/aromatic N) is 2. The van der Waals surface area contributed by atoms with E-state index in [1.807, 2.05) is 38.1 Å². The average molecular weight is 579 g/mol. The number of ketones is 1. The van der Waals surface area contributed by atoms with E-state index in [0.717, 1.165) is 59.2 Å². The number of carbonyl (C=O) groups is 1. The first-order valence-corrected chi connectivity index (χ1v) is 15.0. The van der Waals surface area contributed by atoms with Crippen LogP contribution in [0.5, 0.6) is 0 Å². The summed E-state index contributed by atoms with van der Waals surface area (Å²) in [6.45, 7) is 9.25. The second kappa shape index (κ2) is 15.2. The number of benzene rings is 3. The van der Waals surface area contributed by atoms with Crippen molar-refractivity contribution in [2.45, 2.75) is 53.4 Å². The molecule has 0 unspecified atom stereocenters. The van der Waals surface area contributed by atoms with Crippen LogP contribution < -0.4 is 5.32 Å². The lowest BCUT2D eigenvalue weighted by atomic mass is 9.99. The van der Waals surface area contributed by atoms with Crippen LogP contribution in [0.1, 0.15) is 62.9 Å². The van der Waals surface area contributed by atoms with Crippen molar-refractivity contribution < 1.29 is 4.79 Å². The highest BCUT2D eigenvalue weighted by atomic mass is 35.5. The Labute approximate surface area is 249 Å². The second-order valence-electron chi connectivity index (χ2n) is 10.2. The van der Waals surface area contributed by atoms with Crippen molar-refractivity contribution >= 4 is 51.3 Å². The van der Waals surface area contributed by atoms with Crippen LogP contribution in [0.3, 0.4) is 0 Å². The summed E-state index contributed by atoms with van der Waals surface area (Å²) in [5, 5.41) is 5.60. The number of fused-ring (bicyclic) bond motifs is 1. The summed E-state index contributed by atoms with van der Waals surface area (Å²) in [7, 11) is 4.16. The van der Waals surface area contributed by atoms with Gasteiger partial charge in [0, 0.05) is 39.8 Å². The fraction of sp³-hybridized carbons (Fsp3) is 0.353. The van der Waals surface area contributed by atoms with Crippen LogP contribution in [-0.4, -0.2) is 36.3 Å². The molecule has 40 heavy (non-hydrogen) atoms. The molecule has 1 N–H and O–H groups in total. The molecule has 0 aliphatic heterocycles. The summed E-state index contributed by atoms with van der Waals surface area (Å²) in [6.07, 6.45) is 5.84. The molecule has 1 saturated carbocycles. The van der Waals surface area contributed by atoms with Crippen molar-refractivity contribution in [1.29, 1.82) is 0 Å². The number of carbonyl (C=O) groups excluding carboxylic acids is 1. The van der Waals surface area contributed by atoms with Gasteiger partial charge in [-0.2, -0.15) is 0 Å². The molecule has 4 nitrogen and oxygen atoms in total. The minimum absolute atomic E-state index is 0.0955. The van der Waals surface area contributed by atoms with Gasteiger partial charge in [0.1, 0.15) is 0 Å². The number of Topliss-reactive ketones (excluding diaryl/α,β-unsaturated/α-hetero) is 1. The van der Waals surface area contributed by atoms with Gasteiger partial charge in [0.15, 0.2) is 5.78 Å². The third-order valence-electron chi connectivity index (χ3n) is 6.35. The summed E-state index contributed by atoms with van der Waals surface area (Å²) in [6, 6.07) is 19.9. The molecular formula is C34H41Cl2N3O. The number of anilines is 2. The topological polar surface area (TPSA) is 45.2 Å². The highest BCUT2D eigenvalue weighted by Crippen LogP contribution is 2.39. The Morgan fingerprint density at radius 3 is 2.12 bits per heavy atom. The highest BCUT2D eigenvalue weighted by Gasteiger charge is 2.32. The standard InChI is InChI=1S/C29H27Cl2N3O.C3H8.C2H6/c1-34(2)12-11-18-3-8-24(9-4-18)33-28-25-15-20(21-13-22(30)16-23(31)14-21)7-10-27(25)32-17-26(28)29(35)19-5-6-19;1-3-2;1-2/h3-4,7-10,13-17,19H,5-6,11-12H2,1-2H3,(H,32,33);3H2,1-2H3;1-2H3. The minimum Gasteiger partial charge on any atom is -0.354 e. The second-order valence-corrected chi connectivity index (χ2v) is 11.0. The van der Waals surface area contributed by atoms with Gasteiger partial charge in [0.25, 0.3) is 0 Å². The number of hydrogen-bond donors (Lipinski definition) is 1. The molecule has 1 aliphatic carbocycles. The van der Waals surface area contributed by atoms with E-state index in [0.29, 0.717) is 15.6 Å². The van der Waals surface area contributed by atoms with Crippen molar-refractivity contribution in [2.75, 3.05) is 26.0 Å². The van der Waals surface area contributed by atoms with Crippen LogP contribution in [0.4, 0.5) is 11.4 Å². The molecule has 6 heteroatoms. The maximum absolute atomic E-state index is 13.2. The lowest BCUT2D eigenvalue weighted by Gasteiger charge is -2.16. The third kappa shape index (κ3) is 8.54. The molecule has 0 saturated heterocycles. The van der Waals surface area contributed by atoms with Gasteiger partial charge >= 0.3 is 0 Å². The molecule has 0 amide bonds. The zero-order valence-electron chi connectivity index (χ0n) is 24.5. The van der Waals surface area contributed by atoms with Crippen LogP contribution >= 0.6 is 23.2 Å². The zero-order chi connectivity index (χ0) is 29.2. The monoisotopic (exact) mass is 577 g/mol. The summed E-state index contributed by atoms with van der Waals surface area (Å²) in [5.74, 6) is 0.249. The summed E-state index contributed by atoms with van der Waals surface area (Å²) >= 11 is 12.5. The minimum atomic E-state index is 0.0955. The van der Waals surface area contributed by atoms with Gasteiger partial charge in [-0.25, -0.2) is 0 Å². The summed E-state index contributed by atoms with van der Waals surface area (Å²) < 4.78 is 0.